The summed E-state index contributed by atoms with van der Waals surface area (Å²) in [5, 5.41) is 0.559. The molecule has 1 N–H and O–H groups in total. The number of piperazine rings is 1. The van der Waals surface area contributed by atoms with Crippen molar-refractivity contribution in [2.75, 3.05) is 30.9 Å². The van der Waals surface area contributed by atoms with E-state index in [-0.39, 0.29) is 10.8 Å². The number of hydrogen-bond acceptors (Lipinski definition) is 4. The maximum atomic E-state index is 12.7. The third-order valence-electron chi connectivity index (χ3n) is 5.40. The third kappa shape index (κ3) is 5.48. The van der Waals surface area contributed by atoms with Gasteiger partial charge in [-0.15, -0.1) is 0 Å². The van der Waals surface area contributed by atoms with Crippen LogP contribution >= 0.6 is 11.6 Å². The first-order valence-corrected chi connectivity index (χ1v) is 12.2. The van der Waals surface area contributed by atoms with E-state index in [4.69, 9.17) is 11.6 Å². The molecule has 1 aliphatic heterocycles. The largest absolute Gasteiger partial charge is 0.336 e. The molecule has 1 aliphatic rings. The number of halogens is 1. The lowest BCUT2D eigenvalue weighted by molar-refractivity contribution is 0.0628. The van der Waals surface area contributed by atoms with Gasteiger partial charge in [0.05, 0.1) is 4.90 Å². The molecule has 3 aromatic carbocycles. The zero-order valence-electron chi connectivity index (χ0n) is 17.4. The zero-order chi connectivity index (χ0) is 22.6. The molecule has 0 aromatic heterocycles. The van der Waals surface area contributed by atoms with Crippen molar-refractivity contribution in [3.8, 4) is 0 Å². The first-order valence-electron chi connectivity index (χ1n) is 10.3. The van der Waals surface area contributed by atoms with Gasteiger partial charge in [-0.1, -0.05) is 48.0 Å². The Morgan fingerprint density at radius 2 is 1.56 bits per heavy atom. The second-order valence-corrected chi connectivity index (χ2v) is 9.81. The Balaban J connectivity index is 1.31. The van der Waals surface area contributed by atoms with Gasteiger partial charge >= 0.3 is 0 Å². The van der Waals surface area contributed by atoms with Gasteiger partial charge in [-0.2, -0.15) is 0 Å². The number of sulfonamides is 1. The summed E-state index contributed by atoms with van der Waals surface area (Å²) in [4.78, 5) is 17.0. The highest BCUT2D eigenvalue weighted by atomic mass is 35.5. The first-order chi connectivity index (χ1) is 15.4. The number of rotatable bonds is 6. The van der Waals surface area contributed by atoms with Crippen molar-refractivity contribution in [3.05, 3.63) is 95.0 Å². The summed E-state index contributed by atoms with van der Waals surface area (Å²) in [6.45, 7) is 3.59. The lowest BCUT2D eigenvalue weighted by atomic mass is 10.1. The van der Waals surface area contributed by atoms with Crippen LogP contribution in [0.1, 0.15) is 15.9 Å². The van der Waals surface area contributed by atoms with E-state index in [9.17, 15) is 13.2 Å². The van der Waals surface area contributed by atoms with Crippen LogP contribution in [-0.2, 0) is 16.6 Å². The highest BCUT2D eigenvalue weighted by molar-refractivity contribution is 7.92. The number of amides is 1. The topological polar surface area (TPSA) is 69.7 Å². The fourth-order valence-corrected chi connectivity index (χ4v) is 4.93. The van der Waals surface area contributed by atoms with Crippen molar-refractivity contribution < 1.29 is 13.2 Å². The number of hydrogen-bond donors (Lipinski definition) is 1. The summed E-state index contributed by atoms with van der Waals surface area (Å²) in [5.41, 5.74) is 2.22. The van der Waals surface area contributed by atoms with Gasteiger partial charge in [-0.25, -0.2) is 8.42 Å². The Morgan fingerprint density at radius 3 is 2.22 bits per heavy atom. The summed E-state index contributed by atoms with van der Waals surface area (Å²) in [5.74, 6) is 0.00204. The molecule has 0 bridgehead atoms. The Labute approximate surface area is 193 Å². The molecule has 1 saturated heterocycles. The predicted octanol–water partition coefficient (Wildman–Crippen LogP) is 4.10. The van der Waals surface area contributed by atoms with Gasteiger partial charge in [-0.05, 0) is 48.0 Å². The normalized spacial score (nSPS) is 14.8. The molecule has 0 aliphatic carbocycles. The van der Waals surface area contributed by atoms with Gasteiger partial charge < -0.3 is 4.90 Å². The van der Waals surface area contributed by atoms with Crippen LogP contribution in [0.2, 0.25) is 5.02 Å². The second kappa shape index (κ2) is 9.73. The smallest absolute Gasteiger partial charge is 0.261 e. The molecule has 6 nitrogen and oxygen atoms in total. The van der Waals surface area contributed by atoms with Crippen LogP contribution in [0.3, 0.4) is 0 Å². The van der Waals surface area contributed by atoms with Crippen molar-refractivity contribution in [1.29, 1.82) is 0 Å². The molecule has 0 atom stereocenters. The van der Waals surface area contributed by atoms with Crippen molar-refractivity contribution >= 4 is 33.2 Å². The van der Waals surface area contributed by atoms with E-state index < -0.39 is 10.0 Å². The maximum absolute atomic E-state index is 12.7. The Hall–Kier alpha value is -2.87. The second-order valence-electron chi connectivity index (χ2n) is 7.69. The lowest BCUT2D eigenvalue weighted by Gasteiger charge is -2.34. The van der Waals surface area contributed by atoms with Crippen molar-refractivity contribution in [1.82, 2.24) is 9.80 Å². The molecule has 32 heavy (non-hydrogen) atoms. The monoisotopic (exact) mass is 469 g/mol. The van der Waals surface area contributed by atoms with E-state index in [0.717, 1.165) is 25.2 Å². The average molecular weight is 470 g/mol. The van der Waals surface area contributed by atoms with Crippen molar-refractivity contribution in [2.24, 2.45) is 0 Å². The van der Waals surface area contributed by atoms with E-state index in [1.165, 1.54) is 0 Å². The summed E-state index contributed by atoms with van der Waals surface area (Å²) < 4.78 is 27.5. The van der Waals surface area contributed by atoms with E-state index in [2.05, 4.69) is 9.62 Å². The maximum Gasteiger partial charge on any atom is 0.261 e. The first kappa shape index (κ1) is 22.3. The molecule has 8 heteroatoms. The van der Waals surface area contributed by atoms with Gasteiger partial charge in [0, 0.05) is 49.0 Å². The fraction of sp³-hybridized carbons (Fsp3) is 0.208. The molecule has 0 radical (unpaired) electrons. The minimum absolute atomic E-state index is 0.00204. The van der Waals surface area contributed by atoms with E-state index in [1.54, 1.807) is 66.7 Å². The third-order valence-corrected chi connectivity index (χ3v) is 7.03. The van der Waals surface area contributed by atoms with Gasteiger partial charge in [0.15, 0.2) is 0 Å². The Kier molecular flexibility index (Phi) is 6.79. The van der Waals surface area contributed by atoms with Gasteiger partial charge in [0.2, 0.25) is 0 Å². The minimum atomic E-state index is -3.60. The predicted molar refractivity (Wildman–Crippen MR) is 126 cm³/mol. The minimum Gasteiger partial charge on any atom is -0.336 e. The van der Waals surface area contributed by atoms with Crippen LogP contribution in [0, 0.1) is 0 Å². The van der Waals surface area contributed by atoms with Crippen LogP contribution in [0.15, 0.2) is 83.8 Å². The Morgan fingerprint density at radius 1 is 0.875 bits per heavy atom. The molecule has 1 heterocycles. The number of benzene rings is 3. The number of anilines is 1. The lowest BCUT2D eigenvalue weighted by Crippen LogP contribution is -2.48. The molecule has 1 amide bonds. The summed E-state index contributed by atoms with van der Waals surface area (Å²) in [6, 6.07) is 22.7. The molecule has 166 valence electrons. The molecular weight excluding hydrogens is 446 g/mol. The van der Waals surface area contributed by atoms with Crippen LogP contribution in [-0.4, -0.2) is 50.3 Å². The number of carbonyl (C=O) groups excluding carboxylic acids is 1. The van der Waals surface area contributed by atoms with E-state index in [1.807, 2.05) is 17.0 Å². The van der Waals surface area contributed by atoms with Crippen molar-refractivity contribution in [2.45, 2.75) is 11.4 Å². The summed E-state index contributed by atoms with van der Waals surface area (Å²) in [6.07, 6.45) is 0. The van der Waals surface area contributed by atoms with Crippen LogP contribution in [0.5, 0.6) is 0 Å². The highest BCUT2D eigenvalue weighted by Gasteiger charge is 2.22. The molecule has 0 unspecified atom stereocenters. The summed E-state index contributed by atoms with van der Waals surface area (Å²) in [7, 11) is -3.60. The van der Waals surface area contributed by atoms with Gasteiger partial charge in [0.1, 0.15) is 0 Å². The average Bonchev–Trinajstić information content (AvgIpc) is 2.81. The summed E-state index contributed by atoms with van der Waals surface area (Å²) >= 11 is 6.00. The standard InChI is InChI=1S/C24H24ClN3O3S/c25-21-6-4-5-20(17-21)24(29)28-15-13-27(14-16-28)18-19-9-11-22(12-10-19)26-32(30,31)23-7-2-1-3-8-23/h1-12,17,26H,13-16,18H2. The molecule has 1 fully saturated rings. The van der Waals surface area contributed by atoms with E-state index in [0.29, 0.717) is 29.4 Å². The van der Waals surface area contributed by atoms with Crippen molar-refractivity contribution in [3.63, 3.8) is 0 Å². The van der Waals surface area contributed by atoms with E-state index >= 15 is 0 Å². The molecule has 3 aromatic rings. The van der Waals surface area contributed by atoms with Gasteiger partial charge in [-0.3, -0.25) is 14.4 Å². The highest BCUT2D eigenvalue weighted by Crippen LogP contribution is 2.18. The van der Waals surface area contributed by atoms with Gasteiger partial charge in [0.25, 0.3) is 15.9 Å². The van der Waals surface area contributed by atoms with Crippen LogP contribution in [0.4, 0.5) is 5.69 Å². The number of nitrogens with zero attached hydrogens (tertiary/aromatic N) is 2. The zero-order valence-corrected chi connectivity index (χ0v) is 19.0. The molecular formula is C24H24ClN3O3S. The quantitative estimate of drug-likeness (QED) is 0.590. The molecule has 0 spiro atoms. The molecule has 0 saturated carbocycles. The van der Waals surface area contributed by atoms with Crippen LogP contribution < -0.4 is 4.72 Å². The number of carbonyl (C=O) groups is 1. The Bertz CT molecular complexity index is 1180. The number of nitrogens with one attached hydrogen (secondary N) is 1. The molecule has 4 rings (SSSR count). The fourth-order valence-electron chi connectivity index (χ4n) is 3.66. The SMILES string of the molecule is O=C(c1cccc(Cl)c1)N1CCN(Cc2ccc(NS(=O)(=O)c3ccccc3)cc2)CC1. The van der Waals surface area contributed by atoms with Crippen LogP contribution in [0.25, 0.3) is 0 Å².